The summed E-state index contributed by atoms with van der Waals surface area (Å²) in [6.07, 6.45) is 5.30. The van der Waals surface area contributed by atoms with Crippen LogP contribution in [0.4, 0.5) is 13.2 Å². The lowest BCUT2D eigenvalue weighted by atomic mass is 9.81. The Morgan fingerprint density at radius 2 is 1.82 bits per heavy atom. The van der Waals surface area contributed by atoms with E-state index in [1.54, 1.807) is 23.8 Å². The smallest absolute Gasteiger partial charge is 0.276 e. The number of rotatable bonds is 8. The van der Waals surface area contributed by atoms with Crippen molar-refractivity contribution in [3.8, 4) is 0 Å². The monoisotopic (exact) mass is 557 g/mol. The van der Waals surface area contributed by atoms with Gasteiger partial charge in [0.25, 0.3) is 5.91 Å². The lowest BCUT2D eigenvalue weighted by molar-refractivity contribution is -0.132. The van der Waals surface area contributed by atoms with Crippen LogP contribution in [0.2, 0.25) is 0 Å². The number of aromatic nitrogens is 5. The zero-order chi connectivity index (χ0) is 27.8. The molecule has 212 valence electrons. The summed E-state index contributed by atoms with van der Waals surface area (Å²) in [5.41, 5.74) is 1.64. The van der Waals surface area contributed by atoms with Gasteiger partial charge >= 0.3 is 0 Å². The van der Waals surface area contributed by atoms with Gasteiger partial charge in [-0.1, -0.05) is 5.16 Å². The van der Waals surface area contributed by atoms with Crippen LogP contribution in [0.5, 0.6) is 0 Å². The molecule has 5 atom stereocenters. The summed E-state index contributed by atoms with van der Waals surface area (Å²) < 4.78 is 47.9. The molecule has 0 spiro atoms. The van der Waals surface area contributed by atoms with Crippen molar-refractivity contribution in [2.45, 2.75) is 82.5 Å². The van der Waals surface area contributed by atoms with E-state index in [1.165, 1.54) is 0 Å². The minimum Gasteiger partial charge on any atom is -0.348 e. The minimum atomic E-state index is -2.72. The van der Waals surface area contributed by atoms with Crippen molar-refractivity contribution in [1.29, 1.82) is 0 Å². The fourth-order valence-electron chi connectivity index (χ4n) is 6.62. The molecule has 4 fully saturated rings. The maximum Gasteiger partial charge on any atom is 0.276 e. The Hall–Kier alpha value is -3.51. The van der Waals surface area contributed by atoms with E-state index in [4.69, 9.17) is 4.98 Å². The van der Waals surface area contributed by atoms with Crippen molar-refractivity contribution in [2.24, 2.45) is 23.2 Å². The van der Waals surface area contributed by atoms with E-state index in [1.807, 2.05) is 6.07 Å². The second kappa shape index (κ2) is 9.00. The number of nitrogens with one attached hydrogen (secondary N) is 2. The van der Waals surface area contributed by atoms with Crippen molar-refractivity contribution in [3.63, 3.8) is 0 Å². The first-order valence-electron chi connectivity index (χ1n) is 13.9. The zero-order valence-corrected chi connectivity index (χ0v) is 21.9. The molecule has 3 aromatic heterocycles. The number of hydrogen-bond donors (Lipinski definition) is 2. The van der Waals surface area contributed by atoms with Gasteiger partial charge in [0.2, 0.25) is 11.8 Å². The number of hydrogen-bond acceptors (Lipinski definition) is 7. The number of nitrogens with zero attached hydrogens (tertiary/aromatic N) is 5. The molecular formula is C27H30F3N7O3. The maximum absolute atomic E-state index is 14.0. The molecule has 0 radical (unpaired) electrons. The summed E-state index contributed by atoms with van der Waals surface area (Å²) in [6.45, 7) is 1.59. The number of alkyl halides is 3. The Balaban J connectivity index is 1.15. The average Bonchev–Trinajstić information content (AvgIpc) is 3.76. The van der Waals surface area contributed by atoms with Crippen LogP contribution >= 0.6 is 0 Å². The second-order valence-electron chi connectivity index (χ2n) is 12.1. The second-order valence-corrected chi connectivity index (χ2v) is 12.1. The highest BCUT2D eigenvalue weighted by atomic mass is 19.3. The van der Waals surface area contributed by atoms with Crippen LogP contribution in [0.15, 0.2) is 23.1 Å². The highest BCUT2D eigenvalue weighted by Gasteiger charge is 2.72. The highest BCUT2D eigenvalue weighted by molar-refractivity contribution is 5.93. The van der Waals surface area contributed by atoms with Gasteiger partial charge in [0.05, 0.1) is 35.6 Å². The molecule has 3 heterocycles. The van der Waals surface area contributed by atoms with E-state index < -0.39 is 29.5 Å². The van der Waals surface area contributed by atoms with E-state index in [9.17, 15) is 22.8 Å². The van der Waals surface area contributed by atoms with Gasteiger partial charge in [-0.15, -0.1) is 0 Å². The minimum absolute atomic E-state index is 0.0289. The highest BCUT2D eigenvalue weighted by Crippen LogP contribution is 2.69. The van der Waals surface area contributed by atoms with E-state index in [0.717, 1.165) is 18.4 Å². The van der Waals surface area contributed by atoms with E-state index in [2.05, 4.69) is 30.7 Å². The van der Waals surface area contributed by atoms with Crippen molar-refractivity contribution in [3.05, 3.63) is 41.1 Å². The molecule has 40 heavy (non-hydrogen) atoms. The number of aryl methyl sites for hydroxylation is 1. The molecule has 0 unspecified atom stereocenters. The molecule has 2 N–H and O–H groups in total. The number of imidazole rings is 1. The van der Waals surface area contributed by atoms with Gasteiger partial charge in [0.1, 0.15) is 11.9 Å². The Labute approximate surface area is 227 Å². The van der Waals surface area contributed by atoms with Crippen molar-refractivity contribution in [1.82, 2.24) is 35.5 Å². The fraction of sp³-hybridized carbons (Fsp3) is 0.630. The van der Waals surface area contributed by atoms with Crippen LogP contribution < -0.4 is 10.6 Å². The van der Waals surface area contributed by atoms with Gasteiger partial charge in [-0.2, -0.15) is 5.10 Å². The molecule has 0 bridgehead atoms. The SMILES string of the molecule is Cc1nonc1C(=O)N[C@H](c1cn2ncc([C@H](NC(=O)[C@@]34C[C@@H]3[C@@H](F)C4)C3CC3)cc2n1)C1CCC(F)(F)CC1. The Morgan fingerprint density at radius 3 is 2.45 bits per heavy atom. The molecule has 4 saturated carbocycles. The van der Waals surface area contributed by atoms with Crippen LogP contribution in [-0.4, -0.2) is 48.8 Å². The molecule has 10 nitrogen and oxygen atoms in total. The molecule has 2 amide bonds. The first-order valence-corrected chi connectivity index (χ1v) is 13.9. The predicted octanol–water partition coefficient (Wildman–Crippen LogP) is 4.03. The largest absolute Gasteiger partial charge is 0.348 e. The van der Waals surface area contributed by atoms with Crippen LogP contribution in [0.1, 0.15) is 90.9 Å². The maximum atomic E-state index is 14.0. The predicted molar refractivity (Wildman–Crippen MR) is 133 cm³/mol. The molecule has 4 aliphatic rings. The molecule has 4 aliphatic carbocycles. The van der Waals surface area contributed by atoms with Crippen molar-refractivity contribution < 1.29 is 27.4 Å². The summed E-state index contributed by atoms with van der Waals surface area (Å²) in [5.74, 6) is -3.45. The third-order valence-corrected chi connectivity index (χ3v) is 9.39. The van der Waals surface area contributed by atoms with Crippen LogP contribution in [0.25, 0.3) is 5.65 Å². The fourth-order valence-corrected chi connectivity index (χ4v) is 6.62. The quantitative estimate of drug-likeness (QED) is 0.428. The summed E-state index contributed by atoms with van der Waals surface area (Å²) in [7, 11) is 0. The number of amides is 2. The summed E-state index contributed by atoms with van der Waals surface area (Å²) in [6, 6.07) is 0.972. The molecular weight excluding hydrogens is 527 g/mol. The third kappa shape index (κ3) is 4.33. The molecule has 0 saturated heterocycles. The molecule has 0 aromatic carbocycles. The standard InChI is InChI=1S/C27H30F3N7O3/c1-13-21(36-40-35-13)24(38)33-23(15-4-6-27(29,30)7-5-15)19-12-37-20(32-19)8-16(11-31-37)22(14-2-3-14)34-25(39)26-9-17(26)18(28)10-26/h8,11-12,14-15,17-18,22-23H,2-7,9-10H2,1H3,(H,33,38)(H,34,39)/t17-,18+,22-,23+,26-/m1/s1. The Morgan fingerprint density at radius 1 is 1.07 bits per heavy atom. The third-order valence-electron chi connectivity index (χ3n) is 9.39. The van der Waals surface area contributed by atoms with Crippen LogP contribution in [-0.2, 0) is 4.79 Å². The van der Waals surface area contributed by atoms with E-state index >= 15 is 0 Å². The number of fused-ring (bicyclic) bond motifs is 2. The average molecular weight is 558 g/mol. The Bertz CT molecular complexity index is 1480. The lowest BCUT2D eigenvalue weighted by Crippen LogP contribution is -2.43. The normalized spacial score (nSPS) is 28.8. The lowest BCUT2D eigenvalue weighted by Gasteiger charge is -2.33. The van der Waals surface area contributed by atoms with Crippen molar-refractivity contribution >= 4 is 17.5 Å². The van der Waals surface area contributed by atoms with E-state index in [-0.39, 0.29) is 61.1 Å². The van der Waals surface area contributed by atoms with Gasteiger partial charge in [0, 0.05) is 18.8 Å². The molecule has 3 aromatic rings. The molecule has 13 heteroatoms. The summed E-state index contributed by atoms with van der Waals surface area (Å²) in [5, 5.41) is 17.9. The van der Waals surface area contributed by atoms with Gasteiger partial charge in [-0.05, 0) is 74.1 Å². The first kappa shape index (κ1) is 25.5. The van der Waals surface area contributed by atoms with Gasteiger partial charge in [-0.3, -0.25) is 9.59 Å². The summed E-state index contributed by atoms with van der Waals surface area (Å²) in [4.78, 5) is 30.8. The molecule has 7 rings (SSSR count). The van der Waals surface area contributed by atoms with Crippen molar-refractivity contribution in [2.75, 3.05) is 0 Å². The van der Waals surface area contributed by atoms with Gasteiger partial charge in [-0.25, -0.2) is 27.3 Å². The zero-order valence-electron chi connectivity index (χ0n) is 21.9. The van der Waals surface area contributed by atoms with Gasteiger partial charge < -0.3 is 10.6 Å². The number of carbonyl (C=O) groups excluding carboxylic acids is 2. The van der Waals surface area contributed by atoms with Crippen LogP contribution in [0.3, 0.4) is 0 Å². The molecule has 0 aliphatic heterocycles. The first-order chi connectivity index (χ1) is 19.1. The Kier molecular flexibility index (Phi) is 5.73. The topological polar surface area (TPSA) is 127 Å². The number of halogens is 3. The van der Waals surface area contributed by atoms with E-state index in [0.29, 0.717) is 29.9 Å². The van der Waals surface area contributed by atoms with Gasteiger partial charge in [0.15, 0.2) is 11.3 Å². The number of carbonyl (C=O) groups is 2. The summed E-state index contributed by atoms with van der Waals surface area (Å²) >= 11 is 0. The van der Waals surface area contributed by atoms with Crippen LogP contribution in [0, 0.1) is 30.1 Å².